The first-order valence-corrected chi connectivity index (χ1v) is 12.0. The molecule has 2 aromatic carbocycles. The van der Waals surface area contributed by atoms with Crippen molar-refractivity contribution in [3.8, 4) is 0 Å². The quantitative estimate of drug-likeness (QED) is 0.784. The zero-order chi connectivity index (χ0) is 19.2. The lowest BCUT2D eigenvalue weighted by molar-refractivity contribution is 0.601. The summed E-state index contributed by atoms with van der Waals surface area (Å²) < 4.78 is 24.4. The molecule has 4 nitrogen and oxygen atoms in total. The van der Waals surface area contributed by atoms with Gasteiger partial charge in [0, 0.05) is 11.4 Å². The van der Waals surface area contributed by atoms with Crippen LogP contribution < -0.4 is 4.90 Å². The summed E-state index contributed by atoms with van der Waals surface area (Å²) in [5.74, 6) is 1.17. The molecule has 0 aromatic heterocycles. The van der Waals surface area contributed by atoms with Crippen molar-refractivity contribution in [2.45, 2.75) is 38.6 Å². The highest BCUT2D eigenvalue weighted by molar-refractivity contribution is 8.13. The van der Waals surface area contributed by atoms with Gasteiger partial charge in [0.25, 0.3) is 0 Å². The second-order valence-corrected chi connectivity index (χ2v) is 10.7. The van der Waals surface area contributed by atoms with E-state index in [9.17, 15) is 8.42 Å². The standard InChI is InChI=1S/C21H24N2O2S2/c1-14-5-8-17(9-6-14)11-26-21-22-18-12-27(24,25)13-20(18)23(21)19-10-15(2)4-7-16(19)3/h4-10,18,20H,11-13H2,1-3H3/t18-,20-/m1/s1. The lowest BCUT2D eigenvalue weighted by Gasteiger charge is -2.28. The predicted octanol–water partition coefficient (Wildman–Crippen LogP) is 3.89. The van der Waals surface area contributed by atoms with Crippen molar-refractivity contribution >= 4 is 32.5 Å². The maximum atomic E-state index is 12.2. The van der Waals surface area contributed by atoms with Gasteiger partial charge in [0.05, 0.1) is 23.6 Å². The number of sulfone groups is 1. The van der Waals surface area contributed by atoms with Crippen LogP contribution in [0.2, 0.25) is 0 Å². The first-order chi connectivity index (χ1) is 12.8. The smallest absolute Gasteiger partial charge is 0.164 e. The Morgan fingerprint density at radius 3 is 2.48 bits per heavy atom. The molecule has 2 aromatic rings. The van der Waals surface area contributed by atoms with Crippen molar-refractivity contribution < 1.29 is 8.42 Å². The average Bonchev–Trinajstić information content (AvgIpc) is 3.08. The van der Waals surface area contributed by atoms with Crippen LogP contribution in [0.5, 0.6) is 0 Å². The lowest BCUT2D eigenvalue weighted by Crippen LogP contribution is -2.39. The number of hydrogen-bond donors (Lipinski definition) is 0. The first kappa shape index (κ1) is 18.6. The Morgan fingerprint density at radius 2 is 1.74 bits per heavy atom. The third-order valence-corrected chi connectivity index (χ3v) is 7.96. The van der Waals surface area contributed by atoms with Gasteiger partial charge in [0.1, 0.15) is 0 Å². The molecule has 0 unspecified atom stereocenters. The van der Waals surface area contributed by atoms with Gasteiger partial charge in [0.2, 0.25) is 0 Å². The van der Waals surface area contributed by atoms with Crippen LogP contribution in [-0.2, 0) is 15.6 Å². The van der Waals surface area contributed by atoms with Gasteiger partial charge in [-0.1, -0.05) is 53.7 Å². The number of thioether (sulfide) groups is 1. The Morgan fingerprint density at radius 1 is 1.04 bits per heavy atom. The van der Waals surface area contributed by atoms with Crippen LogP contribution in [-0.4, -0.2) is 37.2 Å². The number of aryl methyl sites for hydroxylation is 3. The fraction of sp³-hybridized carbons (Fsp3) is 0.381. The molecule has 0 N–H and O–H groups in total. The summed E-state index contributed by atoms with van der Waals surface area (Å²) in [6.45, 7) is 6.23. The van der Waals surface area contributed by atoms with E-state index in [1.165, 1.54) is 16.7 Å². The molecule has 6 heteroatoms. The number of nitrogens with zero attached hydrogens (tertiary/aromatic N) is 2. The Labute approximate surface area is 165 Å². The summed E-state index contributed by atoms with van der Waals surface area (Å²) in [6, 6.07) is 14.6. The minimum atomic E-state index is -3.02. The number of aliphatic imine (C=N–C) groups is 1. The third kappa shape index (κ3) is 3.78. The highest BCUT2D eigenvalue weighted by Crippen LogP contribution is 2.37. The van der Waals surface area contributed by atoms with Gasteiger partial charge in [-0.2, -0.15) is 0 Å². The average molecular weight is 401 g/mol. The Bertz CT molecular complexity index is 997. The van der Waals surface area contributed by atoms with Crippen molar-refractivity contribution in [3.05, 3.63) is 64.7 Å². The third-order valence-electron chi connectivity index (χ3n) is 5.22. The maximum Gasteiger partial charge on any atom is 0.164 e. The number of anilines is 1. The summed E-state index contributed by atoms with van der Waals surface area (Å²) in [5, 5.41) is 0.939. The van der Waals surface area contributed by atoms with E-state index in [4.69, 9.17) is 4.99 Å². The topological polar surface area (TPSA) is 49.7 Å². The van der Waals surface area contributed by atoms with Gasteiger partial charge >= 0.3 is 0 Å². The van der Waals surface area contributed by atoms with Crippen molar-refractivity contribution in [3.63, 3.8) is 0 Å². The molecule has 0 radical (unpaired) electrons. The predicted molar refractivity (Wildman–Crippen MR) is 115 cm³/mol. The van der Waals surface area contributed by atoms with Crippen molar-refractivity contribution in [2.24, 2.45) is 4.99 Å². The van der Waals surface area contributed by atoms with Gasteiger partial charge in [-0.15, -0.1) is 0 Å². The molecule has 2 heterocycles. The van der Waals surface area contributed by atoms with E-state index < -0.39 is 9.84 Å². The van der Waals surface area contributed by atoms with Crippen molar-refractivity contribution in [2.75, 3.05) is 16.4 Å². The maximum absolute atomic E-state index is 12.2. The largest absolute Gasteiger partial charge is 0.315 e. The first-order valence-electron chi connectivity index (χ1n) is 9.15. The molecule has 142 valence electrons. The van der Waals surface area contributed by atoms with Crippen LogP contribution in [0, 0.1) is 20.8 Å². The van der Waals surface area contributed by atoms with Crippen LogP contribution in [0.4, 0.5) is 5.69 Å². The van der Waals surface area contributed by atoms with E-state index in [1.54, 1.807) is 11.8 Å². The van der Waals surface area contributed by atoms with Gasteiger partial charge in [0.15, 0.2) is 15.0 Å². The lowest BCUT2D eigenvalue weighted by atomic mass is 10.1. The summed E-state index contributed by atoms with van der Waals surface area (Å²) in [5.41, 5.74) is 5.89. The summed E-state index contributed by atoms with van der Waals surface area (Å²) in [6.07, 6.45) is 0. The Hall–Kier alpha value is -1.79. The SMILES string of the molecule is Cc1ccc(CSC2=N[C@@H]3CS(=O)(=O)C[C@H]3N2c2cc(C)ccc2C)cc1. The van der Waals surface area contributed by atoms with E-state index in [-0.39, 0.29) is 23.6 Å². The Balaban J connectivity index is 1.65. The zero-order valence-corrected chi connectivity index (χ0v) is 17.5. The van der Waals surface area contributed by atoms with Crippen molar-refractivity contribution in [1.82, 2.24) is 0 Å². The molecule has 0 aliphatic carbocycles. The van der Waals surface area contributed by atoms with Crippen LogP contribution in [0.15, 0.2) is 47.5 Å². The highest BCUT2D eigenvalue weighted by atomic mass is 32.2. The molecule has 1 fully saturated rings. The minimum Gasteiger partial charge on any atom is -0.315 e. The van der Waals surface area contributed by atoms with Crippen LogP contribution in [0.25, 0.3) is 0 Å². The normalized spacial score (nSPS) is 23.4. The van der Waals surface area contributed by atoms with E-state index in [2.05, 4.69) is 68.1 Å². The molecule has 1 saturated heterocycles. The minimum absolute atomic E-state index is 0.0870. The van der Waals surface area contributed by atoms with E-state index in [1.807, 2.05) is 0 Å². The summed E-state index contributed by atoms with van der Waals surface area (Å²) in [7, 11) is -3.02. The van der Waals surface area contributed by atoms with Gasteiger partial charge in [-0.05, 0) is 43.5 Å². The molecule has 27 heavy (non-hydrogen) atoms. The van der Waals surface area contributed by atoms with E-state index >= 15 is 0 Å². The number of fused-ring (bicyclic) bond motifs is 1. The molecule has 0 saturated carbocycles. The van der Waals surface area contributed by atoms with Crippen LogP contribution >= 0.6 is 11.8 Å². The van der Waals surface area contributed by atoms with Gasteiger partial charge < -0.3 is 4.90 Å². The van der Waals surface area contributed by atoms with E-state index in [0.717, 1.165) is 22.2 Å². The molecule has 2 aliphatic rings. The summed E-state index contributed by atoms with van der Waals surface area (Å²) in [4.78, 5) is 7.01. The fourth-order valence-corrected chi connectivity index (χ4v) is 6.64. The molecule has 0 amide bonds. The monoisotopic (exact) mass is 400 g/mol. The zero-order valence-electron chi connectivity index (χ0n) is 15.8. The van der Waals surface area contributed by atoms with Crippen LogP contribution in [0.1, 0.15) is 22.3 Å². The van der Waals surface area contributed by atoms with E-state index in [0.29, 0.717) is 0 Å². The second-order valence-electron chi connectivity index (χ2n) is 7.56. The molecular weight excluding hydrogens is 376 g/mol. The molecule has 2 aliphatic heterocycles. The fourth-order valence-electron chi connectivity index (χ4n) is 3.73. The number of benzene rings is 2. The number of hydrogen-bond acceptors (Lipinski definition) is 5. The molecule has 2 atom stereocenters. The van der Waals surface area contributed by atoms with Gasteiger partial charge in [-0.25, -0.2) is 8.42 Å². The number of rotatable bonds is 3. The molecule has 0 spiro atoms. The van der Waals surface area contributed by atoms with Gasteiger partial charge in [-0.3, -0.25) is 4.99 Å². The summed E-state index contributed by atoms with van der Waals surface area (Å²) >= 11 is 1.70. The second kappa shape index (κ2) is 6.99. The Kier molecular flexibility index (Phi) is 4.80. The van der Waals surface area contributed by atoms with Crippen molar-refractivity contribution in [1.29, 1.82) is 0 Å². The van der Waals surface area contributed by atoms with Crippen LogP contribution in [0.3, 0.4) is 0 Å². The molecule has 0 bridgehead atoms. The number of amidine groups is 1. The molecule has 4 rings (SSSR count). The molecular formula is C21H24N2O2S2. The highest BCUT2D eigenvalue weighted by Gasteiger charge is 2.47.